The average Bonchev–Trinajstić information content (AvgIpc) is 2.90. The highest BCUT2D eigenvalue weighted by molar-refractivity contribution is 7.09. The molecule has 1 aromatic heterocycles. The maximum atomic E-state index is 5.98. The van der Waals surface area contributed by atoms with Crippen molar-refractivity contribution < 1.29 is 0 Å². The number of aryl methyl sites for hydroxylation is 1. The Morgan fingerprint density at radius 2 is 2.18 bits per heavy atom. The van der Waals surface area contributed by atoms with Gasteiger partial charge in [0.1, 0.15) is 0 Å². The van der Waals surface area contributed by atoms with Crippen LogP contribution in [0.1, 0.15) is 36.3 Å². The summed E-state index contributed by atoms with van der Waals surface area (Å²) in [6, 6.07) is 0. The van der Waals surface area contributed by atoms with Gasteiger partial charge in [0.15, 0.2) is 0 Å². The van der Waals surface area contributed by atoms with Gasteiger partial charge in [0, 0.05) is 18.0 Å². The van der Waals surface area contributed by atoms with Crippen molar-refractivity contribution in [2.75, 3.05) is 20.1 Å². The number of aromatic nitrogens is 1. The average molecular weight is 253 g/mol. The number of hydrogen-bond donors (Lipinski definition) is 1. The minimum absolute atomic E-state index is 0.382. The predicted octanol–water partition coefficient (Wildman–Crippen LogP) is 2.40. The molecule has 0 saturated heterocycles. The van der Waals surface area contributed by atoms with Gasteiger partial charge < -0.3 is 10.6 Å². The zero-order valence-corrected chi connectivity index (χ0v) is 11.7. The van der Waals surface area contributed by atoms with Gasteiger partial charge in [-0.1, -0.05) is 12.8 Å². The highest BCUT2D eigenvalue weighted by Gasteiger charge is 2.33. The summed E-state index contributed by atoms with van der Waals surface area (Å²) >= 11 is 1.76. The van der Waals surface area contributed by atoms with E-state index in [1.54, 1.807) is 11.3 Å². The highest BCUT2D eigenvalue weighted by atomic mass is 32.1. The molecule has 1 aromatic rings. The van der Waals surface area contributed by atoms with E-state index in [1.807, 2.05) is 5.51 Å². The molecule has 1 heterocycles. The van der Waals surface area contributed by atoms with Crippen molar-refractivity contribution in [2.24, 2.45) is 11.1 Å². The molecule has 3 nitrogen and oxygen atoms in total. The molecule has 0 aliphatic heterocycles. The monoisotopic (exact) mass is 253 g/mol. The summed E-state index contributed by atoms with van der Waals surface area (Å²) in [7, 11) is 2.20. The van der Waals surface area contributed by atoms with Gasteiger partial charge in [-0.15, -0.1) is 11.3 Å². The minimum atomic E-state index is 0.382. The van der Waals surface area contributed by atoms with Crippen molar-refractivity contribution in [3.63, 3.8) is 0 Å². The molecule has 0 bridgehead atoms. The number of nitrogens with zero attached hydrogens (tertiary/aromatic N) is 2. The van der Waals surface area contributed by atoms with Crippen LogP contribution in [0.5, 0.6) is 0 Å². The smallest absolute Gasteiger partial charge is 0.0798 e. The molecule has 4 heteroatoms. The van der Waals surface area contributed by atoms with Gasteiger partial charge in [0.05, 0.1) is 11.2 Å². The maximum Gasteiger partial charge on any atom is 0.0798 e. The third-order valence-electron chi connectivity index (χ3n) is 3.96. The van der Waals surface area contributed by atoms with E-state index in [0.29, 0.717) is 5.41 Å². The van der Waals surface area contributed by atoms with Crippen LogP contribution in [0.25, 0.3) is 0 Å². The first-order chi connectivity index (χ1) is 8.15. The van der Waals surface area contributed by atoms with Gasteiger partial charge in [0.25, 0.3) is 0 Å². The van der Waals surface area contributed by atoms with Crippen LogP contribution in [0.3, 0.4) is 0 Å². The topological polar surface area (TPSA) is 42.2 Å². The van der Waals surface area contributed by atoms with E-state index in [9.17, 15) is 0 Å². The quantitative estimate of drug-likeness (QED) is 0.876. The zero-order valence-electron chi connectivity index (χ0n) is 10.9. The fourth-order valence-electron chi connectivity index (χ4n) is 2.90. The largest absolute Gasteiger partial charge is 0.330 e. The van der Waals surface area contributed by atoms with Gasteiger partial charge in [-0.25, -0.2) is 4.98 Å². The third-order valence-corrected chi connectivity index (χ3v) is 4.88. The lowest BCUT2D eigenvalue weighted by Gasteiger charge is -2.32. The Kier molecular flexibility index (Phi) is 4.17. The molecule has 2 rings (SSSR count). The summed E-state index contributed by atoms with van der Waals surface area (Å²) in [6.07, 6.45) is 5.31. The SMILES string of the molecule is Cc1ncsc1CN(C)CC1(CN)CCCC1. The third kappa shape index (κ3) is 3.06. The van der Waals surface area contributed by atoms with Crippen LogP contribution in [0.4, 0.5) is 0 Å². The molecular weight excluding hydrogens is 230 g/mol. The van der Waals surface area contributed by atoms with Crippen LogP contribution < -0.4 is 5.73 Å². The molecule has 1 saturated carbocycles. The molecule has 0 radical (unpaired) electrons. The highest BCUT2D eigenvalue weighted by Crippen LogP contribution is 2.37. The standard InChI is InChI=1S/C13H23N3S/c1-11-12(17-10-15-11)7-16(2)9-13(8-14)5-3-4-6-13/h10H,3-9,14H2,1-2H3. The Bertz CT molecular complexity index is 355. The minimum Gasteiger partial charge on any atom is -0.330 e. The van der Waals surface area contributed by atoms with E-state index in [2.05, 4.69) is 23.9 Å². The van der Waals surface area contributed by atoms with E-state index in [0.717, 1.165) is 19.6 Å². The van der Waals surface area contributed by atoms with Crippen LogP contribution in [-0.4, -0.2) is 30.0 Å². The lowest BCUT2D eigenvalue weighted by Crippen LogP contribution is -2.39. The number of nitrogens with two attached hydrogens (primary N) is 1. The van der Waals surface area contributed by atoms with E-state index in [4.69, 9.17) is 5.73 Å². The summed E-state index contributed by atoms with van der Waals surface area (Å²) in [5.74, 6) is 0. The van der Waals surface area contributed by atoms with E-state index in [-0.39, 0.29) is 0 Å². The van der Waals surface area contributed by atoms with E-state index < -0.39 is 0 Å². The zero-order chi connectivity index (χ0) is 12.3. The second-order valence-electron chi connectivity index (χ2n) is 5.44. The van der Waals surface area contributed by atoms with Crippen LogP contribution >= 0.6 is 11.3 Å². The van der Waals surface area contributed by atoms with Gasteiger partial charge in [-0.2, -0.15) is 0 Å². The molecular formula is C13H23N3S. The van der Waals surface area contributed by atoms with Crippen LogP contribution in [0.15, 0.2) is 5.51 Å². The van der Waals surface area contributed by atoms with Gasteiger partial charge in [-0.3, -0.25) is 0 Å². The molecule has 0 aromatic carbocycles. The van der Waals surface area contributed by atoms with Gasteiger partial charge >= 0.3 is 0 Å². The predicted molar refractivity (Wildman–Crippen MR) is 73.1 cm³/mol. The van der Waals surface area contributed by atoms with Crippen LogP contribution in [-0.2, 0) is 6.54 Å². The van der Waals surface area contributed by atoms with Crippen molar-refractivity contribution in [1.29, 1.82) is 0 Å². The molecule has 2 N–H and O–H groups in total. The Labute approximate surface area is 108 Å². The molecule has 96 valence electrons. The Hall–Kier alpha value is -0.450. The van der Waals surface area contributed by atoms with Crippen molar-refractivity contribution >= 4 is 11.3 Å². The fourth-order valence-corrected chi connectivity index (χ4v) is 3.76. The molecule has 0 unspecified atom stereocenters. The molecule has 0 spiro atoms. The normalized spacial score (nSPS) is 19.1. The molecule has 1 fully saturated rings. The molecule has 17 heavy (non-hydrogen) atoms. The first kappa shape index (κ1) is 13.0. The van der Waals surface area contributed by atoms with Crippen molar-refractivity contribution in [3.05, 3.63) is 16.1 Å². The summed E-state index contributed by atoms with van der Waals surface area (Å²) < 4.78 is 0. The second kappa shape index (κ2) is 5.46. The van der Waals surface area contributed by atoms with Crippen molar-refractivity contribution in [1.82, 2.24) is 9.88 Å². The number of rotatable bonds is 5. The first-order valence-corrected chi connectivity index (χ1v) is 7.31. The Morgan fingerprint density at radius 3 is 2.71 bits per heavy atom. The summed E-state index contributed by atoms with van der Waals surface area (Å²) in [4.78, 5) is 8.11. The Balaban J connectivity index is 1.92. The van der Waals surface area contributed by atoms with E-state index in [1.165, 1.54) is 36.3 Å². The second-order valence-corrected chi connectivity index (χ2v) is 6.38. The van der Waals surface area contributed by atoms with Crippen LogP contribution in [0.2, 0.25) is 0 Å². The molecule has 0 amide bonds. The summed E-state index contributed by atoms with van der Waals surface area (Å²) in [6.45, 7) is 5.06. The number of thiazole rings is 1. The molecule has 0 atom stereocenters. The molecule has 1 aliphatic rings. The van der Waals surface area contributed by atoms with Crippen molar-refractivity contribution in [2.45, 2.75) is 39.2 Å². The Morgan fingerprint density at radius 1 is 1.47 bits per heavy atom. The maximum absolute atomic E-state index is 5.98. The van der Waals surface area contributed by atoms with Gasteiger partial charge in [-0.05, 0) is 38.8 Å². The van der Waals surface area contributed by atoms with Crippen LogP contribution in [0, 0.1) is 12.3 Å². The van der Waals surface area contributed by atoms with Crippen molar-refractivity contribution in [3.8, 4) is 0 Å². The first-order valence-electron chi connectivity index (χ1n) is 6.43. The summed E-state index contributed by atoms with van der Waals surface area (Å²) in [5.41, 5.74) is 9.48. The lowest BCUT2D eigenvalue weighted by atomic mass is 9.86. The van der Waals surface area contributed by atoms with E-state index >= 15 is 0 Å². The lowest BCUT2D eigenvalue weighted by molar-refractivity contribution is 0.180. The summed E-state index contributed by atoms with van der Waals surface area (Å²) in [5, 5.41) is 0. The fraction of sp³-hybridized carbons (Fsp3) is 0.769. The molecule has 1 aliphatic carbocycles. The number of hydrogen-bond acceptors (Lipinski definition) is 4. The van der Waals surface area contributed by atoms with Gasteiger partial charge in [0.2, 0.25) is 0 Å².